The van der Waals surface area contributed by atoms with E-state index in [-0.39, 0.29) is 31.1 Å². The van der Waals surface area contributed by atoms with Crippen LogP contribution in [0.1, 0.15) is 51.1 Å². The molecule has 0 fully saturated rings. The molecule has 43 heavy (non-hydrogen) atoms. The first kappa shape index (κ1) is 30.1. The monoisotopic (exact) mass is 576 g/mol. The van der Waals surface area contributed by atoms with Gasteiger partial charge in [-0.3, -0.25) is 9.59 Å². The van der Waals surface area contributed by atoms with Gasteiger partial charge in [-0.15, -0.1) is 0 Å². The van der Waals surface area contributed by atoms with Crippen LogP contribution in [0, 0.1) is 0 Å². The Balaban J connectivity index is 1.19. The number of carbonyl (C=O) groups is 4. The van der Waals surface area contributed by atoms with Crippen molar-refractivity contribution in [2.75, 3.05) is 0 Å². The largest absolute Gasteiger partial charge is 0.422 e. The molecule has 0 bridgehead atoms. The predicted octanol–water partition coefficient (Wildman–Crippen LogP) is 4.90. The van der Waals surface area contributed by atoms with Crippen molar-refractivity contribution in [3.05, 3.63) is 131 Å². The van der Waals surface area contributed by atoms with E-state index < -0.39 is 11.9 Å². The molecule has 0 spiro atoms. The number of ether oxygens (including phenoxy) is 2. The lowest BCUT2D eigenvalue weighted by molar-refractivity contribution is -0.122. The fourth-order valence-electron chi connectivity index (χ4n) is 3.70. The maximum Gasteiger partial charge on any atom is 0.343 e. The molecule has 0 aromatic heterocycles. The number of hydrogen-bond donors (Lipinski definition) is 2. The molecule has 4 rings (SSSR count). The summed E-state index contributed by atoms with van der Waals surface area (Å²) >= 11 is 0. The first-order valence-corrected chi connectivity index (χ1v) is 13.4. The number of nitrogens with zero attached hydrogens (tertiary/aromatic N) is 2. The van der Waals surface area contributed by atoms with Crippen LogP contribution in [0.2, 0.25) is 0 Å². The molecule has 0 unspecified atom stereocenters. The number of esters is 2. The van der Waals surface area contributed by atoms with Crippen LogP contribution in [0.25, 0.3) is 0 Å². The fourth-order valence-corrected chi connectivity index (χ4v) is 3.70. The molecular weight excluding hydrogens is 548 g/mol. The Bertz CT molecular complexity index is 1500. The summed E-state index contributed by atoms with van der Waals surface area (Å²) in [7, 11) is 0. The van der Waals surface area contributed by atoms with Gasteiger partial charge in [-0.1, -0.05) is 60.7 Å². The van der Waals surface area contributed by atoms with Crippen molar-refractivity contribution >= 4 is 36.2 Å². The standard InChI is InChI=1S/C33H28N4O6/c38-30(36-34-22-26-16-7-9-18-28(26)42-32(40)24-12-3-1-4-13-24)20-11-21-31(39)37-35-23-27-17-8-10-19-29(27)43-33(41)25-14-5-2-6-15-25/h1-10,12-19,22-23H,11,20-21H2,(H,36,38)(H,37,39)/b34-22-,35-23+. The Morgan fingerprint density at radius 1 is 0.535 bits per heavy atom. The molecule has 10 nitrogen and oxygen atoms in total. The van der Waals surface area contributed by atoms with Gasteiger partial charge in [0.2, 0.25) is 11.8 Å². The van der Waals surface area contributed by atoms with Crippen LogP contribution < -0.4 is 20.3 Å². The highest BCUT2D eigenvalue weighted by Gasteiger charge is 2.12. The van der Waals surface area contributed by atoms with E-state index in [1.165, 1.54) is 12.4 Å². The first-order chi connectivity index (χ1) is 21.0. The van der Waals surface area contributed by atoms with Crippen LogP contribution in [-0.2, 0) is 9.59 Å². The molecule has 216 valence electrons. The third kappa shape index (κ3) is 9.61. The third-order valence-corrected chi connectivity index (χ3v) is 5.86. The van der Waals surface area contributed by atoms with Crippen molar-refractivity contribution in [3.8, 4) is 11.5 Å². The second-order valence-electron chi connectivity index (χ2n) is 9.03. The highest BCUT2D eigenvalue weighted by molar-refractivity contribution is 5.94. The number of amides is 2. The van der Waals surface area contributed by atoms with Crippen molar-refractivity contribution in [3.63, 3.8) is 0 Å². The minimum absolute atomic E-state index is 0.0530. The summed E-state index contributed by atoms with van der Waals surface area (Å²) in [5.41, 5.74) is 6.62. The third-order valence-electron chi connectivity index (χ3n) is 5.86. The average molecular weight is 577 g/mol. The van der Waals surface area contributed by atoms with Crippen LogP contribution in [0.3, 0.4) is 0 Å². The highest BCUT2D eigenvalue weighted by atomic mass is 16.5. The van der Waals surface area contributed by atoms with Crippen LogP contribution in [-0.4, -0.2) is 36.2 Å². The molecule has 0 atom stereocenters. The van der Waals surface area contributed by atoms with E-state index in [0.29, 0.717) is 33.8 Å². The molecule has 0 saturated carbocycles. The van der Waals surface area contributed by atoms with Crippen molar-refractivity contribution in [2.45, 2.75) is 19.3 Å². The van der Waals surface area contributed by atoms with Crippen LogP contribution in [0.15, 0.2) is 119 Å². The number of nitrogens with one attached hydrogen (secondary N) is 2. The number of benzene rings is 4. The summed E-state index contributed by atoms with van der Waals surface area (Å²) in [5.74, 6) is -1.21. The number of hydrazone groups is 2. The zero-order valence-electron chi connectivity index (χ0n) is 23.0. The minimum Gasteiger partial charge on any atom is -0.422 e. The van der Waals surface area contributed by atoms with Crippen molar-refractivity contribution in [1.82, 2.24) is 10.9 Å². The molecule has 0 aliphatic carbocycles. The quantitative estimate of drug-likeness (QED) is 0.107. The van der Waals surface area contributed by atoms with Crippen molar-refractivity contribution in [1.29, 1.82) is 0 Å². The summed E-state index contributed by atoms with van der Waals surface area (Å²) in [6, 6.07) is 30.7. The topological polar surface area (TPSA) is 136 Å². The van der Waals surface area contributed by atoms with Gasteiger partial charge in [0.15, 0.2) is 0 Å². The summed E-state index contributed by atoms with van der Waals surface area (Å²) in [6.07, 6.45) is 3.12. The lowest BCUT2D eigenvalue weighted by Crippen LogP contribution is -2.20. The Morgan fingerprint density at radius 2 is 0.907 bits per heavy atom. The van der Waals surface area contributed by atoms with Gasteiger partial charge >= 0.3 is 11.9 Å². The summed E-state index contributed by atoms with van der Waals surface area (Å²) in [4.78, 5) is 49.1. The lowest BCUT2D eigenvalue weighted by atomic mass is 10.2. The zero-order chi connectivity index (χ0) is 30.3. The number of rotatable bonds is 12. The van der Waals surface area contributed by atoms with Gasteiger partial charge in [0, 0.05) is 24.0 Å². The van der Waals surface area contributed by atoms with Crippen LogP contribution >= 0.6 is 0 Å². The second-order valence-corrected chi connectivity index (χ2v) is 9.03. The Kier molecular flexibility index (Phi) is 11.0. The number of hydrogen-bond acceptors (Lipinski definition) is 8. The van der Waals surface area contributed by atoms with Crippen LogP contribution in [0.5, 0.6) is 11.5 Å². The Hall–Kier alpha value is -5.90. The fraction of sp³-hybridized carbons (Fsp3) is 0.0909. The highest BCUT2D eigenvalue weighted by Crippen LogP contribution is 2.19. The molecule has 4 aromatic rings. The van der Waals surface area contributed by atoms with E-state index in [2.05, 4.69) is 21.1 Å². The Morgan fingerprint density at radius 3 is 1.33 bits per heavy atom. The van der Waals surface area contributed by atoms with E-state index >= 15 is 0 Å². The molecule has 0 heterocycles. The minimum atomic E-state index is -0.510. The van der Waals surface area contributed by atoms with Gasteiger partial charge < -0.3 is 9.47 Å². The van der Waals surface area contributed by atoms with E-state index in [1.54, 1.807) is 109 Å². The van der Waals surface area contributed by atoms with E-state index in [1.807, 2.05) is 0 Å². The predicted molar refractivity (Wildman–Crippen MR) is 161 cm³/mol. The maximum atomic E-state index is 12.4. The first-order valence-electron chi connectivity index (χ1n) is 13.4. The lowest BCUT2D eigenvalue weighted by Gasteiger charge is -2.07. The number of para-hydroxylation sites is 2. The maximum absolute atomic E-state index is 12.4. The normalized spacial score (nSPS) is 10.8. The van der Waals surface area contributed by atoms with E-state index in [4.69, 9.17) is 9.47 Å². The summed E-state index contributed by atoms with van der Waals surface area (Å²) in [6.45, 7) is 0. The molecule has 0 saturated heterocycles. The molecule has 2 amide bonds. The Labute approximate surface area is 248 Å². The number of carbonyl (C=O) groups excluding carboxylic acids is 4. The van der Waals surface area contributed by atoms with Crippen molar-refractivity contribution < 1.29 is 28.7 Å². The molecule has 0 aliphatic rings. The second kappa shape index (κ2) is 15.8. The van der Waals surface area contributed by atoms with Gasteiger partial charge in [-0.05, 0) is 55.0 Å². The summed E-state index contributed by atoms with van der Waals surface area (Å²) < 4.78 is 10.9. The van der Waals surface area contributed by atoms with E-state index in [0.717, 1.165) is 0 Å². The van der Waals surface area contributed by atoms with Gasteiger partial charge in [-0.2, -0.15) is 10.2 Å². The van der Waals surface area contributed by atoms with E-state index in [9.17, 15) is 19.2 Å². The SMILES string of the molecule is O=C(CCCC(=O)N/N=C/c1ccccc1OC(=O)c1ccccc1)N/N=C\c1ccccc1OC(=O)c1ccccc1. The zero-order valence-corrected chi connectivity index (χ0v) is 23.0. The molecule has 0 aliphatic heterocycles. The van der Waals surface area contributed by atoms with Gasteiger partial charge in [0.1, 0.15) is 11.5 Å². The smallest absolute Gasteiger partial charge is 0.343 e. The molecular formula is C33H28N4O6. The van der Waals surface area contributed by atoms with Gasteiger partial charge in [0.25, 0.3) is 0 Å². The average Bonchev–Trinajstić information content (AvgIpc) is 3.03. The van der Waals surface area contributed by atoms with Gasteiger partial charge in [-0.25, -0.2) is 20.4 Å². The molecule has 4 aromatic carbocycles. The summed E-state index contributed by atoms with van der Waals surface area (Å²) in [5, 5.41) is 7.87. The molecule has 2 N–H and O–H groups in total. The van der Waals surface area contributed by atoms with Crippen LogP contribution in [0.4, 0.5) is 0 Å². The molecule has 0 radical (unpaired) electrons. The molecule has 10 heteroatoms. The van der Waals surface area contributed by atoms with Crippen molar-refractivity contribution in [2.24, 2.45) is 10.2 Å². The van der Waals surface area contributed by atoms with Gasteiger partial charge in [0.05, 0.1) is 23.6 Å².